The lowest BCUT2D eigenvalue weighted by Gasteiger charge is -2.06. The molecule has 1 aromatic carbocycles. The van der Waals surface area contributed by atoms with Gasteiger partial charge in [0.25, 0.3) is 0 Å². The Morgan fingerprint density at radius 2 is 2.00 bits per heavy atom. The van der Waals surface area contributed by atoms with Crippen molar-refractivity contribution in [3.05, 3.63) is 30.1 Å². The fourth-order valence-electron chi connectivity index (χ4n) is 1.58. The largest absolute Gasteiger partial charge is 0.494 e. The zero-order valence-corrected chi connectivity index (χ0v) is 12.6. The predicted molar refractivity (Wildman–Crippen MR) is 81.0 cm³/mol. The third kappa shape index (κ3) is 4.47. The summed E-state index contributed by atoms with van der Waals surface area (Å²) in [6.07, 6.45) is 1.74. The Balaban J connectivity index is 1.90. The van der Waals surface area contributed by atoms with Crippen LogP contribution in [0.2, 0.25) is 0 Å². The second kappa shape index (κ2) is 7.81. The van der Waals surface area contributed by atoms with Crippen molar-refractivity contribution in [1.82, 2.24) is 9.36 Å². The second-order valence-electron chi connectivity index (χ2n) is 4.26. The number of hydrogen-bond donors (Lipinski definition) is 1. The molecule has 0 atom stereocenters. The molecule has 108 valence electrons. The third-order valence-corrected chi connectivity index (χ3v) is 3.24. The van der Waals surface area contributed by atoms with E-state index in [1.165, 1.54) is 11.5 Å². The number of hydrogen-bond acceptors (Lipinski definition) is 6. The molecule has 1 heterocycles. The minimum atomic E-state index is 0.639. The molecule has 0 aliphatic heterocycles. The minimum Gasteiger partial charge on any atom is -0.494 e. The Hall–Kier alpha value is -1.66. The van der Waals surface area contributed by atoms with E-state index in [0.717, 1.165) is 41.8 Å². The van der Waals surface area contributed by atoms with Crippen LogP contribution in [0.3, 0.4) is 0 Å². The van der Waals surface area contributed by atoms with E-state index in [-0.39, 0.29) is 0 Å². The van der Waals surface area contributed by atoms with Crippen LogP contribution in [0.4, 0.5) is 10.8 Å². The normalized spacial score (nSPS) is 10.5. The van der Waals surface area contributed by atoms with Crippen LogP contribution in [0.25, 0.3) is 0 Å². The molecule has 2 rings (SSSR count). The molecule has 0 radical (unpaired) electrons. The zero-order valence-electron chi connectivity index (χ0n) is 11.8. The highest BCUT2D eigenvalue weighted by Gasteiger charge is 2.04. The van der Waals surface area contributed by atoms with Gasteiger partial charge in [-0.25, -0.2) is 4.98 Å². The van der Waals surface area contributed by atoms with Crippen LogP contribution < -0.4 is 10.1 Å². The van der Waals surface area contributed by atoms with Crippen molar-refractivity contribution in [2.24, 2.45) is 0 Å². The summed E-state index contributed by atoms with van der Waals surface area (Å²) >= 11 is 1.35. The zero-order chi connectivity index (χ0) is 14.2. The van der Waals surface area contributed by atoms with E-state index < -0.39 is 0 Å². The molecular formula is C14H19N3O2S. The Morgan fingerprint density at radius 1 is 1.20 bits per heavy atom. The molecule has 6 heteroatoms. The summed E-state index contributed by atoms with van der Waals surface area (Å²) in [5, 5.41) is 4.02. The number of aromatic nitrogens is 2. The fraction of sp³-hybridized carbons (Fsp3) is 0.429. The minimum absolute atomic E-state index is 0.639. The van der Waals surface area contributed by atoms with Crippen molar-refractivity contribution in [2.45, 2.75) is 19.8 Å². The molecule has 1 N–H and O–H groups in total. The van der Waals surface area contributed by atoms with Crippen LogP contribution in [-0.2, 0) is 11.2 Å². The van der Waals surface area contributed by atoms with Gasteiger partial charge in [0, 0.05) is 30.8 Å². The lowest BCUT2D eigenvalue weighted by Crippen LogP contribution is -1.97. The molecule has 0 aliphatic rings. The highest BCUT2D eigenvalue weighted by Crippen LogP contribution is 2.21. The maximum Gasteiger partial charge on any atom is 0.207 e. The molecule has 0 bridgehead atoms. The average molecular weight is 293 g/mol. The summed E-state index contributed by atoms with van der Waals surface area (Å²) < 4.78 is 14.8. The monoisotopic (exact) mass is 293 g/mol. The summed E-state index contributed by atoms with van der Waals surface area (Å²) in [4.78, 5) is 4.40. The van der Waals surface area contributed by atoms with Gasteiger partial charge in [0.2, 0.25) is 5.13 Å². The van der Waals surface area contributed by atoms with Crippen LogP contribution in [-0.4, -0.2) is 29.7 Å². The SMILES string of the molecule is CCCOc1ccc(Nc2nc(CCOC)ns2)cc1. The van der Waals surface area contributed by atoms with E-state index in [1.807, 2.05) is 24.3 Å². The lowest BCUT2D eigenvalue weighted by molar-refractivity contribution is 0.201. The van der Waals surface area contributed by atoms with E-state index in [0.29, 0.717) is 6.61 Å². The van der Waals surface area contributed by atoms with E-state index in [1.54, 1.807) is 7.11 Å². The molecule has 0 fully saturated rings. The van der Waals surface area contributed by atoms with Crippen molar-refractivity contribution in [2.75, 3.05) is 25.6 Å². The number of nitrogens with zero attached hydrogens (tertiary/aromatic N) is 2. The van der Waals surface area contributed by atoms with Gasteiger partial charge in [-0.2, -0.15) is 4.37 Å². The number of rotatable bonds is 8. The van der Waals surface area contributed by atoms with Crippen molar-refractivity contribution in [3.8, 4) is 5.75 Å². The maximum atomic E-state index is 5.54. The van der Waals surface area contributed by atoms with Crippen LogP contribution in [0.15, 0.2) is 24.3 Å². The standard InChI is InChI=1S/C14H19N3O2S/c1-3-9-19-12-6-4-11(5-7-12)15-14-16-13(17-20-14)8-10-18-2/h4-7H,3,8-10H2,1-2H3,(H,15,16,17). The van der Waals surface area contributed by atoms with Crippen LogP contribution in [0.1, 0.15) is 19.2 Å². The Kier molecular flexibility index (Phi) is 5.76. The quantitative estimate of drug-likeness (QED) is 0.809. The van der Waals surface area contributed by atoms with Gasteiger partial charge >= 0.3 is 0 Å². The van der Waals surface area contributed by atoms with Gasteiger partial charge < -0.3 is 14.8 Å². The maximum absolute atomic E-state index is 5.54. The molecule has 0 aliphatic carbocycles. The molecule has 5 nitrogen and oxygen atoms in total. The van der Waals surface area contributed by atoms with Gasteiger partial charge in [0.05, 0.1) is 13.2 Å². The molecule has 0 unspecified atom stereocenters. The second-order valence-corrected chi connectivity index (χ2v) is 5.01. The number of anilines is 2. The molecular weight excluding hydrogens is 274 g/mol. The topological polar surface area (TPSA) is 56.3 Å². The first-order valence-corrected chi connectivity index (χ1v) is 7.40. The summed E-state index contributed by atoms with van der Waals surface area (Å²) in [7, 11) is 1.67. The van der Waals surface area contributed by atoms with Crippen LogP contribution >= 0.6 is 11.5 Å². The summed E-state index contributed by atoms with van der Waals surface area (Å²) in [5.74, 6) is 1.69. The van der Waals surface area contributed by atoms with Gasteiger partial charge in [0.15, 0.2) is 0 Å². The Labute approximate surface area is 123 Å². The van der Waals surface area contributed by atoms with Crippen LogP contribution in [0, 0.1) is 0 Å². The van der Waals surface area contributed by atoms with Gasteiger partial charge in [-0.1, -0.05) is 6.92 Å². The van der Waals surface area contributed by atoms with Gasteiger partial charge in [-0.15, -0.1) is 0 Å². The van der Waals surface area contributed by atoms with Crippen molar-refractivity contribution in [3.63, 3.8) is 0 Å². The molecule has 20 heavy (non-hydrogen) atoms. The Bertz CT molecular complexity index is 513. The van der Waals surface area contributed by atoms with E-state index in [9.17, 15) is 0 Å². The van der Waals surface area contributed by atoms with E-state index in [4.69, 9.17) is 9.47 Å². The third-order valence-electron chi connectivity index (χ3n) is 2.58. The first kappa shape index (κ1) is 14.7. The predicted octanol–water partition coefficient (Wildman–Crippen LogP) is 3.26. The van der Waals surface area contributed by atoms with E-state index >= 15 is 0 Å². The Morgan fingerprint density at radius 3 is 2.70 bits per heavy atom. The number of nitrogens with one attached hydrogen (secondary N) is 1. The van der Waals surface area contributed by atoms with Crippen molar-refractivity contribution >= 4 is 22.4 Å². The highest BCUT2D eigenvalue weighted by atomic mass is 32.1. The van der Waals surface area contributed by atoms with Gasteiger partial charge in [-0.3, -0.25) is 0 Å². The van der Waals surface area contributed by atoms with Crippen molar-refractivity contribution < 1.29 is 9.47 Å². The highest BCUT2D eigenvalue weighted by molar-refractivity contribution is 7.09. The van der Waals surface area contributed by atoms with Gasteiger partial charge in [-0.05, 0) is 30.7 Å². The van der Waals surface area contributed by atoms with E-state index in [2.05, 4.69) is 21.6 Å². The van der Waals surface area contributed by atoms with Crippen LogP contribution in [0.5, 0.6) is 5.75 Å². The molecule has 0 saturated carbocycles. The summed E-state index contributed by atoms with van der Waals surface area (Å²) in [6.45, 7) is 3.47. The molecule has 1 aromatic heterocycles. The summed E-state index contributed by atoms with van der Waals surface area (Å²) in [6, 6.07) is 7.85. The first-order chi connectivity index (χ1) is 9.81. The summed E-state index contributed by atoms with van der Waals surface area (Å²) in [5.41, 5.74) is 0.975. The molecule has 2 aromatic rings. The number of benzene rings is 1. The lowest BCUT2D eigenvalue weighted by atomic mass is 10.3. The number of methoxy groups -OCH3 is 1. The van der Waals surface area contributed by atoms with Crippen molar-refractivity contribution in [1.29, 1.82) is 0 Å². The number of ether oxygens (including phenoxy) is 2. The first-order valence-electron chi connectivity index (χ1n) is 6.63. The smallest absolute Gasteiger partial charge is 0.207 e. The molecule has 0 amide bonds. The molecule has 0 spiro atoms. The molecule has 0 saturated heterocycles. The average Bonchev–Trinajstić information content (AvgIpc) is 2.92. The van der Waals surface area contributed by atoms with Gasteiger partial charge in [0.1, 0.15) is 11.6 Å². The fourth-order valence-corrected chi connectivity index (χ4v) is 2.21.